The number of imidazole rings is 1. The molecule has 2 aromatic heterocycles. The van der Waals surface area contributed by atoms with Crippen molar-refractivity contribution in [3.63, 3.8) is 0 Å². The van der Waals surface area contributed by atoms with Crippen molar-refractivity contribution in [2.45, 2.75) is 11.9 Å². The van der Waals surface area contributed by atoms with Gasteiger partial charge in [0, 0.05) is 0 Å². The Morgan fingerprint density at radius 2 is 2.16 bits per heavy atom. The van der Waals surface area contributed by atoms with E-state index in [9.17, 15) is 8.42 Å². The van der Waals surface area contributed by atoms with Crippen LogP contribution in [-0.4, -0.2) is 41.3 Å². The molecular formula is C10H9N5O2SSe. The van der Waals surface area contributed by atoms with E-state index in [4.69, 9.17) is 0 Å². The van der Waals surface area contributed by atoms with Crippen LogP contribution in [0, 0.1) is 6.92 Å². The Hall–Kier alpha value is -1.70. The molecule has 0 aliphatic rings. The van der Waals surface area contributed by atoms with E-state index in [1.165, 1.54) is 6.20 Å². The van der Waals surface area contributed by atoms with Gasteiger partial charge in [-0.1, -0.05) is 0 Å². The molecule has 98 valence electrons. The van der Waals surface area contributed by atoms with Gasteiger partial charge >= 0.3 is 115 Å². The van der Waals surface area contributed by atoms with E-state index < -0.39 is 10.0 Å². The molecule has 0 bridgehead atoms. The number of benzene rings is 1. The number of aromatic nitrogens is 4. The average Bonchev–Trinajstić information content (AvgIpc) is 2.97. The van der Waals surface area contributed by atoms with E-state index in [-0.39, 0.29) is 20.0 Å². The zero-order valence-corrected chi connectivity index (χ0v) is 12.3. The topological polar surface area (TPSA) is 101 Å². The van der Waals surface area contributed by atoms with Gasteiger partial charge in [-0.2, -0.15) is 0 Å². The summed E-state index contributed by atoms with van der Waals surface area (Å²) < 4.78 is 35.3. The summed E-state index contributed by atoms with van der Waals surface area (Å²) in [5.41, 5.74) is 1.76. The summed E-state index contributed by atoms with van der Waals surface area (Å²) in [5, 5.41) is 0.0306. The minimum atomic E-state index is -3.68. The molecular weight excluding hydrogens is 333 g/mol. The molecule has 0 aliphatic heterocycles. The number of nitrogens with one attached hydrogen (secondary N) is 2. The molecule has 3 rings (SSSR count). The summed E-state index contributed by atoms with van der Waals surface area (Å²) in [4.78, 5) is 6.58. The van der Waals surface area contributed by atoms with Gasteiger partial charge < -0.3 is 0 Å². The number of anilines is 1. The van der Waals surface area contributed by atoms with Crippen molar-refractivity contribution in [1.82, 2.24) is 17.9 Å². The van der Waals surface area contributed by atoms with Crippen molar-refractivity contribution in [1.29, 1.82) is 0 Å². The van der Waals surface area contributed by atoms with Gasteiger partial charge in [0.15, 0.2) is 0 Å². The summed E-state index contributed by atoms with van der Waals surface area (Å²) in [6.07, 6.45) is 1.28. The second-order valence-corrected chi connectivity index (χ2v) is 6.64. The molecule has 0 spiro atoms. The van der Waals surface area contributed by atoms with Gasteiger partial charge in [-0.15, -0.1) is 0 Å². The number of rotatable bonds is 3. The van der Waals surface area contributed by atoms with E-state index >= 15 is 0 Å². The van der Waals surface area contributed by atoms with Crippen molar-refractivity contribution in [3.8, 4) is 0 Å². The summed E-state index contributed by atoms with van der Waals surface area (Å²) in [6.45, 7) is 1.69. The summed E-state index contributed by atoms with van der Waals surface area (Å²) in [5.74, 6) is 0.543. The van der Waals surface area contributed by atoms with Gasteiger partial charge in [0.25, 0.3) is 0 Å². The molecule has 0 saturated carbocycles. The summed E-state index contributed by atoms with van der Waals surface area (Å²) in [6, 6.07) is 5.22. The maximum absolute atomic E-state index is 12.2. The van der Waals surface area contributed by atoms with Crippen LogP contribution in [0.1, 0.15) is 5.82 Å². The van der Waals surface area contributed by atoms with Crippen molar-refractivity contribution >= 4 is 41.7 Å². The van der Waals surface area contributed by atoms with Crippen molar-refractivity contribution < 1.29 is 8.42 Å². The number of hydrogen-bond acceptors (Lipinski definition) is 5. The van der Waals surface area contributed by atoms with Crippen LogP contribution in [0.25, 0.3) is 11.0 Å². The Morgan fingerprint density at radius 3 is 2.89 bits per heavy atom. The van der Waals surface area contributed by atoms with E-state index in [0.29, 0.717) is 17.0 Å². The molecule has 1 aromatic carbocycles. The average molecular weight is 342 g/mol. The van der Waals surface area contributed by atoms with Crippen molar-refractivity contribution in [3.05, 3.63) is 30.2 Å². The van der Waals surface area contributed by atoms with E-state index in [1.807, 2.05) is 6.07 Å². The fourth-order valence-electron chi connectivity index (χ4n) is 1.62. The molecule has 0 amide bonds. The Labute approximate surface area is 115 Å². The standard InChI is InChI=1S/C10H9N5O2SSe/c1-6-11-5-9(12-6)18(16,17)13-7-3-2-4-8-10(7)15-19-14-8/h2-5,13H,1H3,(H,11,12). The number of aromatic amines is 1. The zero-order valence-electron chi connectivity index (χ0n) is 9.78. The molecule has 19 heavy (non-hydrogen) atoms. The normalized spacial score (nSPS) is 11.8. The zero-order chi connectivity index (χ0) is 13.5. The Balaban J connectivity index is 2.03. The molecule has 0 radical (unpaired) electrons. The van der Waals surface area contributed by atoms with Gasteiger partial charge in [-0.05, 0) is 0 Å². The second kappa shape index (κ2) is 4.44. The van der Waals surface area contributed by atoms with Crippen LogP contribution in [0.5, 0.6) is 0 Å². The van der Waals surface area contributed by atoms with Crippen LogP contribution < -0.4 is 4.72 Å². The first-order valence-electron chi connectivity index (χ1n) is 5.32. The number of fused-ring (bicyclic) bond motifs is 1. The number of aryl methyl sites for hydroxylation is 1. The summed E-state index contributed by atoms with van der Waals surface area (Å²) in [7, 11) is -3.68. The number of hydrogen-bond donors (Lipinski definition) is 2. The molecule has 0 saturated heterocycles. The van der Waals surface area contributed by atoms with E-state index in [2.05, 4.69) is 22.6 Å². The summed E-state index contributed by atoms with van der Waals surface area (Å²) >= 11 is -0.200. The second-order valence-electron chi connectivity index (χ2n) is 3.88. The first-order chi connectivity index (χ1) is 9.06. The monoisotopic (exact) mass is 343 g/mol. The maximum atomic E-state index is 12.2. The minimum absolute atomic E-state index is 0.0306. The fraction of sp³-hybridized carbons (Fsp3) is 0.100. The number of nitrogens with zero attached hydrogens (tertiary/aromatic N) is 3. The predicted octanol–water partition coefficient (Wildman–Crippen LogP) is 0.519. The van der Waals surface area contributed by atoms with E-state index in [0.717, 1.165) is 5.52 Å². The quantitative estimate of drug-likeness (QED) is 0.676. The van der Waals surface area contributed by atoms with Crippen molar-refractivity contribution in [2.75, 3.05) is 4.72 Å². The van der Waals surface area contributed by atoms with Gasteiger partial charge in [-0.3, -0.25) is 0 Å². The van der Waals surface area contributed by atoms with Crippen LogP contribution in [0.4, 0.5) is 5.69 Å². The molecule has 2 N–H and O–H groups in total. The molecule has 0 unspecified atom stereocenters. The van der Waals surface area contributed by atoms with E-state index in [1.54, 1.807) is 19.1 Å². The van der Waals surface area contributed by atoms with Crippen LogP contribution in [0.15, 0.2) is 29.4 Å². The molecule has 0 fully saturated rings. The molecule has 2 heterocycles. The molecule has 9 heteroatoms. The van der Waals surface area contributed by atoms with Gasteiger partial charge in [0.05, 0.1) is 0 Å². The third-order valence-electron chi connectivity index (χ3n) is 2.50. The first kappa shape index (κ1) is 12.3. The number of H-pyrrole nitrogens is 1. The fourth-order valence-corrected chi connectivity index (χ4v) is 3.81. The third kappa shape index (κ3) is 2.27. The Morgan fingerprint density at radius 1 is 1.32 bits per heavy atom. The Bertz CT molecular complexity index is 838. The third-order valence-corrected chi connectivity index (χ3v) is 4.91. The molecule has 3 aromatic rings. The Kier molecular flexibility index (Phi) is 2.89. The molecule has 7 nitrogen and oxygen atoms in total. The van der Waals surface area contributed by atoms with Gasteiger partial charge in [0.1, 0.15) is 0 Å². The van der Waals surface area contributed by atoms with Gasteiger partial charge in [0.2, 0.25) is 0 Å². The van der Waals surface area contributed by atoms with Gasteiger partial charge in [-0.25, -0.2) is 0 Å². The molecule has 0 aliphatic carbocycles. The predicted molar refractivity (Wildman–Crippen MR) is 70.6 cm³/mol. The van der Waals surface area contributed by atoms with Crippen LogP contribution in [-0.2, 0) is 10.0 Å². The number of sulfonamides is 1. The SMILES string of the molecule is Cc1ncc(S(=O)(=O)Nc2cccc3n[se]nc23)[nH]1. The first-order valence-corrected chi connectivity index (χ1v) is 8.33. The van der Waals surface area contributed by atoms with Crippen LogP contribution in [0.3, 0.4) is 0 Å². The van der Waals surface area contributed by atoms with Crippen LogP contribution >= 0.6 is 0 Å². The molecule has 0 atom stereocenters. The van der Waals surface area contributed by atoms with Crippen LogP contribution in [0.2, 0.25) is 0 Å². The van der Waals surface area contributed by atoms with Crippen molar-refractivity contribution in [2.24, 2.45) is 0 Å².